The summed E-state index contributed by atoms with van der Waals surface area (Å²) in [5, 5.41) is 0.774. The van der Waals surface area contributed by atoms with E-state index in [0.29, 0.717) is 12.3 Å². The van der Waals surface area contributed by atoms with Crippen LogP contribution in [0, 0.1) is 0 Å². The van der Waals surface area contributed by atoms with Gasteiger partial charge in [-0.1, -0.05) is 36.7 Å². The zero-order chi connectivity index (χ0) is 15.2. The van der Waals surface area contributed by atoms with Crippen molar-refractivity contribution < 1.29 is 4.74 Å². The molecule has 0 radical (unpaired) electrons. The lowest BCUT2D eigenvalue weighted by Crippen LogP contribution is -2.17. The van der Waals surface area contributed by atoms with Gasteiger partial charge in [-0.2, -0.15) is 0 Å². The summed E-state index contributed by atoms with van der Waals surface area (Å²) in [4.78, 5) is 2.11. The first kappa shape index (κ1) is 15.5. The van der Waals surface area contributed by atoms with Gasteiger partial charge in [-0.05, 0) is 24.1 Å². The molecular weight excluding hydrogens is 284 g/mol. The second-order valence-corrected chi connectivity index (χ2v) is 5.46. The molecule has 4 heteroatoms. The molecule has 2 aromatic rings. The van der Waals surface area contributed by atoms with Crippen molar-refractivity contribution in [2.75, 3.05) is 24.3 Å². The van der Waals surface area contributed by atoms with E-state index in [9.17, 15) is 0 Å². The summed E-state index contributed by atoms with van der Waals surface area (Å²) < 4.78 is 5.67. The van der Waals surface area contributed by atoms with Crippen molar-refractivity contribution in [2.45, 2.75) is 19.9 Å². The van der Waals surface area contributed by atoms with Crippen molar-refractivity contribution in [3.8, 4) is 5.75 Å². The lowest BCUT2D eigenvalue weighted by Gasteiger charge is -2.21. The van der Waals surface area contributed by atoms with E-state index < -0.39 is 0 Å². The summed E-state index contributed by atoms with van der Waals surface area (Å²) in [6.45, 7) is 3.49. The van der Waals surface area contributed by atoms with Gasteiger partial charge >= 0.3 is 0 Å². The van der Waals surface area contributed by atoms with E-state index in [2.05, 4.69) is 11.8 Å². The molecule has 2 N–H and O–H groups in total. The molecule has 0 saturated carbocycles. The Bertz CT molecular complexity index is 601. The number of nitrogens with two attached hydrogens (primary N) is 1. The summed E-state index contributed by atoms with van der Waals surface area (Å²) in [6, 6.07) is 13.6. The molecule has 0 amide bonds. The predicted octanol–water partition coefficient (Wildman–Crippen LogP) is 4.35. The molecule has 0 unspecified atom stereocenters. The molecule has 0 saturated heterocycles. The largest absolute Gasteiger partial charge is 0.493 e. The maximum absolute atomic E-state index is 6.21. The minimum absolute atomic E-state index is 0.692. The highest BCUT2D eigenvalue weighted by Gasteiger charge is 2.08. The van der Waals surface area contributed by atoms with Crippen LogP contribution >= 0.6 is 11.6 Å². The van der Waals surface area contributed by atoms with Gasteiger partial charge in [0, 0.05) is 42.1 Å². The van der Waals surface area contributed by atoms with Gasteiger partial charge < -0.3 is 15.4 Å². The third kappa shape index (κ3) is 4.30. The van der Waals surface area contributed by atoms with Gasteiger partial charge in [0.15, 0.2) is 0 Å². The van der Waals surface area contributed by atoms with E-state index in [0.717, 1.165) is 35.0 Å². The lowest BCUT2D eigenvalue weighted by atomic mass is 10.2. The molecule has 112 valence electrons. The average molecular weight is 305 g/mol. The summed E-state index contributed by atoms with van der Waals surface area (Å²) >= 11 is 6.21. The van der Waals surface area contributed by atoms with Gasteiger partial charge in [-0.25, -0.2) is 0 Å². The summed E-state index contributed by atoms with van der Waals surface area (Å²) in [6.07, 6.45) is 0.972. The number of nitrogens with zero attached hydrogens (tertiary/aromatic N) is 1. The highest BCUT2D eigenvalue weighted by atomic mass is 35.5. The molecule has 0 aromatic heterocycles. The Morgan fingerprint density at radius 3 is 2.67 bits per heavy atom. The van der Waals surface area contributed by atoms with Crippen LogP contribution in [0.25, 0.3) is 0 Å². The van der Waals surface area contributed by atoms with E-state index in [1.165, 1.54) is 0 Å². The molecule has 0 heterocycles. The van der Waals surface area contributed by atoms with Crippen LogP contribution in [0.1, 0.15) is 18.9 Å². The highest BCUT2D eigenvalue weighted by molar-refractivity contribution is 6.31. The molecule has 0 aliphatic heterocycles. The number of hydrogen-bond acceptors (Lipinski definition) is 3. The number of rotatable bonds is 6. The maximum atomic E-state index is 6.21. The molecule has 0 aliphatic rings. The number of ether oxygens (including phenoxy) is 1. The van der Waals surface area contributed by atoms with Crippen molar-refractivity contribution in [1.82, 2.24) is 0 Å². The van der Waals surface area contributed by atoms with E-state index in [4.69, 9.17) is 22.1 Å². The summed E-state index contributed by atoms with van der Waals surface area (Å²) in [5.74, 6) is 0.804. The normalized spacial score (nSPS) is 10.4. The maximum Gasteiger partial charge on any atom is 0.123 e. The van der Waals surface area contributed by atoms with Gasteiger partial charge in [0.05, 0.1) is 6.61 Å². The van der Waals surface area contributed by atoms with Gasteiger partial charge in [0.2, 0.25) is 0 Å². The van der Waals surface area contributed by atoms with Gasteiger partial charge in [0.1, 0.15) is 5.75 Å². The Balaban J connectivity index is 2.16. The molecule has 0 spiro atoms. The van der Waals surface area contributed by atoms with E-state index >= 15 is 0 Å². The molecule has 0 bridgehead atoms. The molecule has 0 fully saturated rings. The van der Waals surface area contributed by atoms with Crippen molar-refractivity contribution in [2.24, 2.45) is 0 Å². The summed E-state index contributed by atoms with van der Waals surface area (Å²) in [5.41, 5.74) is 8.76. The Labute approximate surface area is 131 Å². The number of nitrogen functional groups attached to an aromatic ring is 1. The third-order valence-corrected chi connectivity index (χ3v) is 3.56. The fraction of sp³-hybridized carbons (Fsp3) is 0.294. The fourth-order valence-corrected chi connectivity index (χ4v) is 2.30. The standard InChI is InChI=1S/C17H21ClN2O/c1-3-8-21-16-10-14(19)9-15(11-16)20(2)12-13-6-4-5-7-17(13)18/h4-7,9-11H,3,8,12,19H2,1-2H3. The van der Waals surface area contributed by atoms with E-state index in [1.807, 2.05) is 49.5 Å². The number of benzene rings is 2. The molecule has 3 nitrogen and oxygen atoms in total. The van der Waals surface area contributed by atoms with Crippen molar-refractivity contribution in [1.29, 1.82) is 0 Å². The smallest absolute Gasteiger partial charge is 0.123 e. The fourth-order valence-electron chi connectivity index (χ4n) is 2.10. The van der Waals surface area contributed by atoms with Crippen molar-refractivity contribution in [3.05, 3.63) is 53.1 Å². The zero-order valence-electron chi connectivity index (χ0n) is 12.5. The molecule has 2 rings (SSSR count). The van der Waals surface area contributed by atoms with Crippen LogP contribution in [0.5, 0.6) is 5.75 Å². The number of anilines is 2. The van der Waals surface area contributed by atoms with Crippen LogP contribution in [-0.2, 0) is 6.54 Å². The Morgan fingerprint density at radius 1 is 1.19 bits per heavy atom. The van der Waals surface area contributed by atoms with Crippen LogP contribution in [0.2, 0.25) is 5.02 Å². The monoisotopic (exact) mass is 304 g/mol. The van der Waals surface area contributed by atoms with Gasteiger partial charge in [0.25, 0.3) is 0 Å². The second kappa shape index (κ2) is 7.23. The van der Waals surface area contributed by atoms with Crippen LogP contribution in [0.4, 0.5) is 11.4 Å². The first-order valence-electron chi connectivity index (χ1n) is 7.08. The highest BCUT2D eigenvalue weighted by Crippen LogP contribution is 2.27. The first-order valence-corrected chi connectivity index (χ1v) is 7.46. The van der Waals surface area contributed by atoms with Crippen molar-refractivity contribution >= 4 is 23.0 Å². The second-order valence-electron chi connectivity index (χ2n) is 5.06. The quantitative estimate of drug-likeness (QED) is 0.806. The average Bonchev–Trinajstić information content (AvgIpc) is 2.47. The molecule has 0 aliphatic carbocycles. The van der Waals surface area contributed by atoms with Crippen molar-refractivity contribution in [3.63, 3.8) is 0 Å². The van der Waals surface area contributed by atoms with Crippen LogP contribution in [-0.4, -0.2) is 13.7 Å². The molecular formula is C17H21ClN2O. The third-order valence-electron chi connectivity index (χ3n) is 3.19. The van der Waals surface area contributed by atoms with E-state index in [-0.39, 0.29) is 0 Å². The van der Waals surface area contributed by atoms with Gasteiger partial charge in [-0.15, -0.1) is 0 Å². The Kier molecular flexibility index (Phi) is 5.34. The number of hydrogen-bond donors (Lipinski definition) is 1. The first-order chi connectivity index (χ1) is 10.1. The minimum Gasteiger partial charge on any atom is -0.493 e. The summed E-state index contributed by atoms with van der Waals surface area (Å²) in [7, 11) is 2.02. The van der Waals surface area contributed by atoms with Crippen LogP contribution in [0.15, 0.2) is 42.5 Å². The Morgan fingerprint density at radius 2 is 1.95 bits per heavy atom. The zero-order valence-corrected chi connectivity index (χ0v) is 13.2. The molecule has 21 heavy (non-hydrogen) atoms. The Hall–Kier alpha value is -1.87. The van der Waals surface area contributed by atoms with Gasteiger partial charge in [-0.3, -0.25) is 0 Å². The topological polar surface area (TPSA) is 38.5 Å². The predicted molar refractivity (Wildman–Crippen MR) is 90.2 cm³/mol. The molecule has 0 atom stereocenters. The number of halogens is 1. The minimum atomic E-state index is 0.692. The van der Waals surface area contributed by atoms with E-state index in [1.54, 1.807) is 0 Å². The lowest BCUT2D eigenvalue weighted by molar-refractivity contribution is 0.317. The van der Waals surface area contributed by atoms with Crippen LogP contribution < -0.4 is 15.4 Å². The van der Waals surface area contributed by atoms with Crippen LogP contribution in [0.3, 0.4) is 0 Å². The SMILES string of the molecule is CCCOc1cc(N)cc(N(C)Cc2ccccc2Cl)c1. The molecule has 2 aromatic carbocycles.